The van der Waals surface area contributed by atoms with Gasteiger partial charge >= 0.3 is 6.03 Å². The van der Waals surface area contributed by atoms with Crippen molar-refractivity contribution in [2.24, 2.45) is 5.73 Å². The highest BCUT2D eigenvalue weighted by atomic mass is 35.5. The highest BCUT2D eigenvalue weighted by Crippen LogP contribution is 2.21. The van der Waals surface area contributed by atoms with Crippen molar-refractivity contribution in [3.05, 3.63) is 29.8 Å². The zero-order chi connectivity index (χ0) is 17.1. The van der Waals surface area contributed by atoms with Crippen molar-refractivity contribution in [3.63, 3.8) is 0 Å². The molecule has 1 aromatic carbocycles. The van der Waals surface area contributed by atoms with E-state index in [1.165, 1.54) is 0 Å². The smallest absolute Gasteiger partial charge is 0.324 e. The van der Waals surface area contributed by atoms with E-state index in [0.29, 0.717) is 18.7 Å². The standard InChI is InChI=1S/C16H20N4O4.ClH/c17-7-12-4-5-13(24-12)15(22)19-11-3-1-2-10(6-11)9-20-14(21)8-18-16(20)23;/h1-3,6,12-13H,4-5,7-9,17H2,(H,18,23)(H,19,22);1H/t12-,13+;/m1./s1. The molecule has 0 saturated carbocycles. The predicted molar refractivity (Wildman–Crippen MR) is 93.2 cm³/mol. The van der Waals surface area contributed by atoms with Crippen molar-refractivity contribution in [3.8, 4) is 0 Å². The molecule has 0 aliphatic carbocycles. The van der Waals surface area contributed by atoms with E-state index in [2.05, 4.69) is 10.6 Å². The van der Waals surface area contributed by atoms with E-state index in [-0.39, 0.29) is 43.4 Å². The Kier molecular flexibility index (Phi) is 6.35. The summed E-state index contributed by atoms with van der Waals surface area (Å²) >= 11 is 0. The lowest BCUT2D eigenvalue weighted by atomic mass is 10.1. The number of hydrogen-bond acceptors (Lipinski definition) is 5. The Labute approximate surface area is 151 Å². The first-order valence-electron chi connectivity index (χ1n) is 7.90. The molecule has 2 saturated heterocycles. The minimum Gasteiger partial charge on any atom is -0.364 e. The van der Waals surface area contributed by atoms with Crippen LogP contribution in [0.3, 0.4) is 0 Å². The monoisotopic (exact) mass is 368 g/mol. The van der Waals surface area contributed by atoms with Crippen LogP contribution in [0, 0.1) is 0 Å². The number of halogens is 1. The Bertz CT molecular complexity index is 653. The Balaban J connectivity index is 0.00000225. The van der Waals surface area contributed by atoms with E-state index in [0.717, 1.165) is 16.9 Å². The van der Waals surface area contributed by atoms with Crippen LogP contribution in [0.2, 0.25) is 0 Å². The lowest BCUT2D eigenvalue weighted by Crippen LogP contribution is -2.31. The summed E-state index contributed by atoms with van der Waals surface area (Å²) in [6, 6.07) is 6.66. The number of nitrogens with zero attached hydrogens (tertiary/aromatic N) is 1. The fourth-order valence-corrected chi connectivity index (χ4v) is 2.84. The quantitative estimate of drug-likeness (QED) is 0.659. The number of amides is 4. The first-order valence-corrected chi connectivity index (χ1v) is 7.90. The zero-order valence-electron chi connectivity index (χ0n) is 13.6. The Hall–Kier alpha value is -2.16. The summed E-state index contributed by atoms with van der Waals surface area (Å²) in [6.45, 7) is 0.603. The molecule has 2 heterocycles. The maximum atomic E-state index is 12.2. The van der Waals surface area contributed by atoms with Gasteiger partial charge in [0, 0.05) is 12.2 Å². The number of imide groups is 1. The van der Waals surface area contributed by atoms with Gasteiger partial charge in [-0.1, -0.05) is 12.1 Å². The lowest BCUT2D eigenvalue weighted by molar-refractivity contribution is -0.126. The molecule has 9 heteroatoms. The van der Waals surface area contributed by atoms with Crippen LogP contribution in [0.15, 0.2) is 24.3 Å². The van der Waals surface area contributed by atoms with Gasteiger partial charge in [-0.2, -0.15) is 0 Å². The van der Waals surface area contributed by atoms with Gasteiger partial charge in [-0.3, -0.25) is 14.5 Å². The largest absolute Gasteiger partial charge is 0.364 e. The highest BCUT2D eigenvalue weighted by molar-refractivity contribution is 6.01. The minimum absolute atomic E-state index is 0. The number of nitrogens with two attached hydrogens (primary N) is 1. The van der Waals surface area contributed by atoms with E-state index in [1.807, 2.05) is 0 Å². The van der Waals surface area contributed by atoms with Gasteiger partial charge in [0.1, 0.15) is 6.10 Å². The van der Waals surface area contributed by atoms with Crippen LogP contribution in [0.1, 0.15) is 18.4 Å². The molecule has 2 fully saturated rings. The average molecular weight is 369 g/mol. The third kappa shape index (κ3) is 4.47. The molecule has 0 unspecified atom stereocenters. The van der Waals surface area contributed by atoms with Gasteiger partial charge in [0.05, 0.1) is 19.2 Å². The van der Waals surface area contributed by atoms with Gasteiger partial charge in [-0.15, -0.1) is 12.4 Å². The minimum atomic E-state index is -0.492. The number of nitrogens with one attached hydrogen (secondary N) is 2. The summed E-state index contributed by atoms with van der Waals surface area (Å²) in [5.74, 6) is -0.472. The van der Waals surface area contributed by atoms with E-state index in [1.54, 1.807) is 24.3 Å². The third-order valence-electron chi connectivity index (χ3n) is 4.14. The van der Waals surface area contributed by atoms with Crippen molar-refractivity contribution in [2.45, 2.75) is 31.6 Å². The Morgan fingerprint density at radius 1 is 1.36 bits per heavy atom. The van der Waals surface area contributed by atoms with Crippen LogP contribution in [0.5, 0.6) is 0 Å². The fourth-order valence-electron chi connectivity index (χ4n) is 2.84. The van der Waals surface area contributed by atoms with E-state index < -0.39 is 12.1 Å². The second kappa shape index (κ2) is 8.28. The molecule has 25 heavy (non-hydrogen) atoms. The van der Waals surface area contributed by atoms with Crippen LogP contribution < -0.4 is 16.4 Å². The Morgan fingerprint density at radius 3 is 2.80 bits per heavy atom. The summed E-state index contributed by atoms with van der Waals surface area (Å²) in [7, 11) is 0. The lowest BCUT2D eigenvalue weighted by Gasteiger charge is -2.15. The molecule has 2 aliphatic heterocycles. The molecule has 2 aliphatic rings. The summed E-state index contributed by atoms with van der Waals surface area (Å²) < 4.78 is 5.57. The first kappa shape index (κ1) is 19.2. The molecule has 0 aromatic heterocycles. The van der Waals surface area contributed by atoms with Crippen molar-refractivity contribution >= 4 is 35.9 Å². The molecule has 2 atom stereocenters. The van der Waals surface area contributed by atoms with Crippen LogP contribution in [0.25, 0.3) is 0 Å². The number of benzene rings is 1. The second-order valence-corrected chi connectivity index (χ2v) is 5.89. The van der Waals surface area contributed by atoms with Gasteiger partial charge in [0.2, 0.25) is 5.91 Å². The van der Waals surface area contributed by atoms with Gasteiger partial charge in [-0.25, -0.2) is 4.79 Å². The van der Waals surface area contributed by atoms with Gasteiger partial charge < -0.3 is 21.1 Å². The zero-order valence-corrected chi connectivity index (χ0v) is 14.4. The first-order chi connectivity index (χ1) is 11.6. The van der Waals surface area contributed by atoms with Gasteiger partial charge in [-0.05, 0) is 30.5 Å². The number of carbonyl (C=O) groups is 3. The van der Waals surface area contributed by atoms with Gasteiger partial charge in [0.15, 0.2) is 0 Å². The second-order valence-electron chi connectivity index (χ2n) is 5.89. The fraction of sp³-hybridized carbons (Fsp3) is 0.438. The topological polar surface area (TPSA) is 114 Å². The number of hydrogen-bond donors (Lipinski definition) is 3. The summed E-state index contributed by atoms with van der Waals surface area (Å²) in [4.78, 5) is 36.6. The van der Waals surface area contributed by atoms with Crippen LogP contribution >= 0.6 is 12.4 Å². The molecular formula is C16H21ClN4O4. The van der Waals surface area contributed by atoms with Crippen molar-refractivity contribution in [1.29, 1.82) is 0 Å². The number of anilines is 1. The molecule has 4 N–H and O–H groups in total. The van der Waals surface area contributed by atoms with Crippen LogP contribution in [-0.2, 0) is 20.9 Å². The average Bonchev–Trinajstić information content (AvgIpc) is 3.17. The van der Waals surface area contributed by atoms with E-state index in [4.69, 9.17) is 10.5 Å². The summed E-state index contributed by atoms with van der Waals surface area (Å²) in [6.07, 6.45) is 0.872. The van der Waals surface area contributed by atoms with Crippen LogP contribution in [-0.4, -0.2) is 48.0 Å². The molecule has 136 valence electrons. The van der Waals surface area contributed by atoms with Gasteiger partial charge in [0.25, 0.3) is 5.91 Å². The number of rotatable bonds is 5. The van der Waals surface area contributed by atoms with Crippen molar-refractivity contribution in [2.75, 3.05) is 18.4 Å². The van der Waals surface area contributed by atoms with Crippen molar-refractivity contribution < 1.29 is 19.1 Å². The molecule has 0 bridgehead atoms. The highest BCUT2D eigenvalue weighted by Gasteiger charge is 2.30. The van der Waals surface area contributed by atoms with Crippen molar-refractivity contribution in [1.82, 2.24) is 10.2 Å². The normalized spacial score (nSPS) is 22.5. The van der Waals surface area contributed by atoms with E-state index in [9.17, 15) is 14.4 Å². The molecule has 8 nitrogen and oxygen atoms in total. The molecule has 0 radical (unpaired) electrons. The predicted octanol–water partition coefficient (Wildman–Crippen LogP) is 0.605. The van der Waals surface area contributed by atoms with E-state index >= 15 is 0 Å². The third-order valence-corrected chi connectivity index (χ3v) is 4.14. The molecule has 1 aromatic rings. The number of carbonyl (C=O) groups excluding carboxylic acids is 3. The Morgan fingerprint density at radius 2 is 2.16 bits per heavy atom. The maximum absolute atomic E-state index is 12.2. The summed E-state index contributed by atoms with van der Waals surface area (Å²) in [5, 5.41) is 5.28. The molecular weight excluding hydrogens is 348 g/mol. The number of urea groups is 1. The number of ether oxygens (including phenoxy) is 1. The maximum Gasteiger partial charge on any atom is 0.324 e. The molecule has 0 spiro atoms. The molecule has 4 amide bonds. The van der Waals surface area contributed by atoms with Crippen LogP contribution in [0.4, 0.5) is 10.5 Å². The molecule has 3 rings (SSSR count). The SMILES string of the molecule is Cl.NC[C@H]1CC[C@@H](C(=O)Nc2cccc(CN3C(=O)CNC3=O)c2)O1. The summed E-state index contributed by atoms with van der Waals surface area (Å²) in [5.41, 5.74) is 6.90.